The number of halogens is 1. The zero-order chi connectivity index (χ0) is 19.2. The quantitative estimate of drug-likeness (QED) is 0.613. The Labute approximate surface area is 168 Å². The average Bonchev–Trinajstić information content (AvgIpc) is 3.14. The highest BCUT2D eigenvalue weighted by atomic mass is 35.5. The van der Waals surface area contributed by atoms with Crippen LogP contribution in [0.1, 0.15) is 39.6 Å². The third kappa shape index (κ3) is 5.16. The largest absolute Gasteiger partial charge is 0.346 e. The Hall–Kier alpha value is -2.21. The van der Waals surface area contributed by atoms with E-state index in [9.17, 15) is 4.79 Å². The van der Waals surface area contributed by atoms with Gasteiger partial charge in [-0.2, -0.15) is 0 Å². The van der Waals surface area contributed by atoms with Crippen LogP contribution in [0.3, 0.4) is 0 Å². The van der Waals surface area contributed by atoms with Crippen molar-refractivity contribution >= 4 is 28.8 Å². The Morgan fingerprint density at radius 3 is 2.63 bits per heavy atom. The van der Waals surface area contributed by atoms with Gasteiger partial charge in [-0.15, -0.1) is 11.3 Å². The maximum Gasteiger partial charge on any atom is 0.251 e. The molecule has 0 spiro atoms. The normalized spacial score (nSPS) is 12.1. The van der Waals surface area contributed by atoms with E-state index in [2.05, 4.69) is 35.2 Å². The molecule has 1 aromatic heterocycles. The molecule has 140 valence electrons. The summed E-state index contributed by atoms with van der Waals surface area (Å²) in [4.78, 5) is 19.0. The van der Waals surface area contributed by atoms with Gasteiger partial charge in [0, 0.05) is 28.6 Å². The van der Waals surface area contributed by atoms with E-state index in [0.717, 1.165) is 27.8 Å². The fourth-order valence-corrected chi connectivity index (χ4v) is 3.81. The third-order valence-corrected chi connectivity index (χ3v) is 5.71. The lowest BCUT2D eigenvalue weighted by Gasteiger charge is -2.25. The molecule has 0 unspecified atom stereocenters. The van der Waals surface area contributed by atoms with Crippen molar-refractivity contribution in [2.75, 3.05) is 7.05 Å². The molecule has 0 aliphatic carbocycles. The number of nitrogens with one attached hydrogen (secondary N) is 1. The number of nitrogens with zero attached hydrogens (tertiary/aromatic N) is 2. The van der Waals surface area contributed by atoms with Gasteiger partial charge in [-0.05, 0) is 37.7 Å². The van der Waals surface area contributed by atoms with E-state index in [1.54, 1.807) is 23.5 Å². The molecule has 0 aliphatic rings. The van der Waals surface area contributed by atoms with Crippen LogP contribution in [-0.2, 0) is 13.1 Å². The average molecular weight is 400 g/mol. The molecule has 3 rings (SSSR count). The first-order valence-corrected chi connectivity index (χ1v) is 10.0. The Morgan fingerprint density at radius 2 is 1.89 bits per heavy atom. The molecule has 0 saturated carbocycles. The fraction of sp³-hybridized carbons (Fsp3) is 0.238. The minimum Gasteiger partial charge on any atom is -0.346 e. The van der Waals surface area contributed by atoms with Gasteiger partial charge in [-0.3, -0.25) is 9.69 Å². The number of aromatic nitrogens is 1. The highest BCUT2D eigenvalue weighted by molar-refractivity contribution is 7.09. The highest BCUT2D eigenvalue weighted by Crippen LogP contribution is 2.27. The third-order valence-electron chi connectivity index (χ3n) is 4.46. The molecule has 0 fully saturated rings. The van der Waals surface area contributed by atoms with Crippen LogP contribution < -0.4 is 5.32 Å². The van der Waals surface area contributed by atoms with Gasteiger partial charge in [0.05, 0.1) is 12.2 Å². The van der Waals surface area contributed by atoms with Crippen LogP contribution in [0.25, 0.3) is 0 Å². The fourth-order valence-electron chi connectivity index (χ4n) is 2.79. The number of rotatable bonds is 7. The van der Waals surface area contributed by atoms with E-state index in [-0.39, 0.29) is 11.9 Å². The molecule has 0 aliphatic heterocycles. The summed E-state index contributed by atoms with van der Waals surface area (Å²) in [5.74, 6) is -0.0863. The van der Waals surface area contributed by atoms with Gasteiger partial charge >= 0.3 is 0 Å². The van der Waals surface area contributed by atoms with Crippen LogP contribution in [0.5, 0.6) is 0 Å². The molecule has 6 heteroatoms. The molecule has 3 aromatic rings. The Morgan fingerprint density at radius 1 is 1.19 bits per heavy atom. The molecular formula is C21H22ClN3OS. The zero-order valence-corrected chi connectivity index (χ0v) is 16.9. The standard InChI is InChI=1S/C21H22ClN3OS/c1-15(18-10-6-7-11-19(18)22)25(2)13-17-14-27-20(24-17)12-23-21(26)16-8-4-3-5-9-16/h3-11,14-15H,12-13H2,1-2H3,(H,23,26)/t15-/m1/s1. The van der Waals surface area contributed by atoms with E-state index in [0.29, 0.717) is 12.1 Å². The van der Waals surface area contributed by atoms with Gasteiger partial charge < -0.3 is 5.32 Å². The van der Waals surface area contributed by atoms with Gasteiger partial charge in [0.2, 0.25) is 0 Å². The summed E-state index contributed by atoms with van der Waals surface area (Å²) in [5, 5.41) is 6.63. The molecule has 0 radical (unpaired) electrons. The number of amides is 1. The van der Waals surface area contributed by atoms with Crippen molar-refractivity contribution in [3.8, 4) is 0 Å². The van der Waals surface area contributed by atoms with Crippen molar-refractivity contribution in [3.05, 3.63) is 86.8 Å². The van der Waals surface area contributed by atoms with Crippen LogP contribution in [0.2, 0.25) is 5.02 Å². The van der Waals surface area contributed by atoms with Crippen molar-refractivity contribution in [2.24, 2.45) is 0 Å². The van der Waals surface area contributed by atoms with Crippen LogP contribution in [0, 0.1) is 0 Å². The second kappa shape index (κ2) is 9.13. The minimum atomic E-state index is -0.0863. The van der Waals surface area contributed by atoms with Crippen LogP contribution in [0.15, 0.2) is 60.0 Å². The highest BCUT2D eigenvalue weighted by Gasteiger charge is 2.16. The smallest absolute Gasteiger partial charge is 0.251 e. The second-order valence-electron chi connectivity index (χ2n) is 6.39. The van der Waals surface area contributed by atoms with E-state index < -0.39 is 0 Å². The number of thiazole rings is 1. The molecule has 0 bridgehead atoms. The lowest BCUT2D eigenvalue weighted by atomic mass is 10.1. The minimum absolute atomic E-state index is 0.0863. The topological polar surface area (TPSA) is 45.2 Å². The SMILES string of the molecule is C[C@H](c1ccccc1Cl)N(C)Cc1csc(CNC(=O)c2ccccc2)n1. The summed E-state index contributed by atoms with van der Waals surface area (Å²) in [7, 11) is 2.06. The Balaban J connectivity index is 1.56. The van der Waals surface area contributed by atoms with Crippen molar-refractivity contribution in [3.63, 3.8) is 0 Å². The van der Waals surface area contributed by atoms with E-state index in [1.165, 1.54) is 0 Å². The summed E-state index contributed by atoms with van der Waals surface area (Å²) < 4.78 is 0. The van der Waals surface area contributed by atoms with Crippen molar-refractivity contribution in [1.29, 1.82) is 0 Å². The second-order valence-corrected chi connectivity index (χ2v) is 7.74. The molecule has 4 nitrogen and oxygen atoms in total. The summed E-state index contributed by atoms with van der Waals surface area (Å²) in [5.41, 5.74) is 2.75. The van der Waals surface area contributed by atoms with Gasteiger partial charge in [0.1, 0.15) is 5.01 Å². The predicted octanol–water partition coefficient (Wildman–Crippen LogP) is 4.92. The molecule has 1 heterocycles. The molecule has 27 heavy (non-hydrogen) atoms. The van der Waals surface area contributed by atoms with Crippen LogP contribution in [0.4, 0.5) is 0 Å². The summed E-state index contributed by atoms with van der Waals surface area (Å²) in [6.45, 7) is 3.28. The molecule has 1 N–H and O–H groups in total. The first kappa shape index (κ1) is 19.5. The van der Waals surface area contributed by atoms with Crippen LogP contribution >= 0.6 is 22.9 Å². The molecule has 1 atom stereocenters. The van der Waals surface area contributed by atoms with Crippen molar-refractivity contribution in [2.45, 2.75) is 26.1 Å². The van der Waals surface area contributed by atoms with E-state index in [4.69, 9.17) is 11.6 Å². The lowest BCUT2D eigenvalue weighted by Crippen LogP contribution is -2.23. The van der Waals surface area contributed by atoms with Crippen molar-refractivity contribution < 1.29 is 4.79 Å². The first-order chi connectivity index (χ1) is 13.0. The number of carbonyl (C=O) groups excluding carboxylic acids is 1. The number of benzene rings is 2. The monoisotopic (exact) mass is 399 g/mol. The first-order valence-electron chi connectivity index (χ1n) is 8.76. The maximum absolute atomic E-state index is 12.1. The lowest BCUT2D eigenvalue weighted by molar-refractivity contribution is 0.0951. The Bertz CT molecular complexity index is 897. The number of hydrogen-bond acceptors (Lipinski definition) is 4. The van der Waals surface area contributed by atoms with Gasteiger partial charge in [0.25, 0.3) is 5.91 Å². The molecule has 2 aromatic carbocycles. The maximum atomic E-state index is 12.1. The number of carbonyl (C=O) groups is 1. The molecular weight excluding hydrogens is 378 g/mol. The zero-order valence-electron chi connectivity index (χ0n) is 15.4. The van der Waals surface area contributed by atoms with Crippen molar-refractivity contribution in [1.82, 2.24) is 15.2 Å². The summed E-state index contributed by atoms with van der Waals surface area (Å²) in [6.07, 6.45) is 0. The van der Waals surface area contributed by atoms with Gasteiger partial charge in [0.15, 0.2) is 0 Å². The van der Waals surface area contributed by atoms with Crippen LogP contribution in [-0.4, -0.2) is 22.8 Å². The Kier molecular flexibility index (Phi) is 6.61. The summed E-state index contributed by atoms with van der Waals surface area (Å²) in [6, 6.07) is 17.3. The molecule has 0 saturated heterocycles. The summed E-state index contributed by atoms with van der Waals surface area (Å²) >= 11 is 7.87. The molecule has 1 amide bonds. The number of hydrogen-bond donors (Lipinski definition) is 1. The van der Waals surface area contributed by atoms with E-state index >= 15 is 0 Å². The van der Waals surface area contributed by atoms with E-state index in [1.807, 2.05) is 41.8 Å². The van der Waals surface area contributed by atoms with Gasteiger partial charge in [-0.1, -0.05) is 48.0 Å². The van der Waals surface area contributed by atoms with Gasteiger partial charge in [-0.25, -0.2) is 4.98 Å². The predicted molar refractivity (Wildman–Crippen MR) is 111 cm³/mol.